The molecule has 252 valence electrons. The average molecular weight is 684 g/mol. The van der Waals surface area contributed by atoms with Crippen LogP contribution in [0, 0.1) is 5.41 Å². The lowest BCUT2D eigenvalue weighted by Gasteiger charge is -2.26. The van der Waals surface area contributed by atoms with Gasteiger partial charge in [0.2, 0.25) is 0 Å². The molecule has 2 heterocycles. The fraction of sp³-hybridized carbons (Fsp3) is 0.0217. The van der Waals surface area contributed by atoms with Gasteiger partial charge in [-0.1, -0.05) is 158 Å². The normalized spacial score (nSPS) is 13.9. The molecule has 3 N–H and O–H groups in total. The van der Waals surface area contributed by atoms with Gasteiger partial charge >= 0.3 is 0 Å². The van der Waals surface area contributed by atoms with Crippen LogP contribution in [-0.4, -0.2) is 32.8 Å². The molecule has 0 spiro atoms. The van der Waals surface area contributed by atoms with E-state index in [1.165, 1.54) is 0 Å². The van der Waals surface area contributed by atoms with Crippen LogP contribution in [0.1, 0.15) is 16.7 Å². The fourth-order valence-corrected chi connectivity index (χ4v) is 6.58. The first-order valence-corrected chi connectivity index (χ1v) is 17.5. The summed E-state index contributed by atoms with van der Waals surface area (Å²) in [5.74, 6) is 1.99. The average Bonchev–Trinajstić information content (AvgIpc) is 3.23. The van der Waals surface area contributed by atoms with E-state index in [0.717, 1.165) is 60.8 Å². The van der Waals surface area contributed by atoms with Crippen molar-refractivity contribution in [3.8, 4) is 34.2 Å². The minimum absolute atomic E-state index is 0.240. The topological polar surface area (TPSA) is 98.9 Å². The van der Waals surface area contributed by atoms with E-state index >= 15 is 0 Å². The van der Waals surface area contributed by atoms with Crippen molar-refractivity contribution in [2.75, 3.05) is 0 Å². The lowest BCUT2D eigenvalue weighted by atomic mass is 10.0. The second-order valence-electron chi connectivity index (χ2n) is 12.9. The highest BCUT2D eigenvalue weighted by molar-refractivity contribution is 6.13. The van der Waals surface area contributed by atoms with E-state index in [4.69, 9.17) is 25.4 Å². The van der Waals surface area contributed by atoms with Crippen LogP contribution in [0.4, 0.5) is 0 Å². The summed E-state index contributed by atoms with van der Waals surface area (Å²) in [7, 11) is 0. The molecule has 1 aliphatic rings. The third-order valence-corrected chi connectivity index (χ3v) is 9.36. The standard InChI is InChI=1S/C46H33N7/c47-42(50-46-48-40(32-13-3-1-4-14-32)29-41(49-46)33-15-5-2-6-16-33)34-21-23-35(24-22-34)43-51-44(38-25-19-30-11-7-9-17-36(30)27-38)53-45(52-43)39-26-20-31-12-8-10-18-37(31)28-39/h1-29,46,48H,(H2,47,50). The van der Waals surface area contributed by atoms with E-state index in [1.54, 1.807) is 0 Å². The summed E-state index contributed by atoms with van der Waals surface area (Å²) >= 11 is 0. The van der Waals surface area contributed by atoms with Gasteiger partial charge in [0, 0.05) is 28.0 Å². The van der Waals surface area contributed by atoms with Gasteiger partial charge in [-0.2, -0.15) is 0 Å². The van der Waals surface area contributed by atoms with Crippen molar-refractivity contribution < 1.29 is 0 Å². The van der Waals surface area contributed by atoms with Gasteiger partial charge in [0.25, 0.3) is 0 Å². The number of hydrogen-bond acceptors (Lipinski definition) is 6. The predicted molar refractivity (Wildman–Crippen MR) is 215 cm³/mol. The predicted octanol–water partition coefficient (Wildman–Crippen LogP) is 9.51. The van der Waals surface area contributed by atoms with Crippen LogP contribution in [0.3, 0.4) is 0 Å². The quantitative estimate of drug-likeness (QED) is 0.115. The van der Waals surface area contributed by atoms with Crippen LogP contribution < -0.4 is 10.6 Å². The van der Waals surface area contributed by atoms with E-state index in [-0.39, 0.29) is 5.84 Å². The van der Waals surface area contributed by atoms with Crippen LogP contribution in [0.5, 0.6) is 0 Å². The number of amidine groups is 1. The molecule has 0 fully saturated rings. The Morgan fingerprint density at radius 2 is 0.943 bits per heavy atom. The zero-order valence-corrected chi connectivity index (χ0v) is 28.6. The number of allylic oxidation sites excluding steroid dienone is 1. The summed E-state index contributed by atoms with van der Waals surface area (Å²) in [4.78, 5) is 19.9. The summed E-state index contributed by atoms with van der Waals surface area (Å²) in [6.07, 6.45) is 1.50. The van der Waals surface area contributed by atoms with Crippen molar-refractivity contribution >= 4 is 38.8 Å². The van der Waals surface area contributed by atoms with Crippen LogP contribution in [0.25, 0.3) is 61.4 Å². The Kier molecular flexibility index (Phi) is 8.26. The third-order valence-electron chi connectivity index (χ3n) is 9.36. The number of nitrogens with one attached hydrogen (secondary N) is 3. The monoisotopic (exact) mass is 683 g/mol. The van der Waals surface area contributed by atoms with E-state index in [1.807, 2.05) is 103 Å². The highest BCUT2D eigenvalue weighted by atomic mass is 15.3. The van der Waals surface area contributed by atoms with Crippen molar-refractivity contribution in [1.29, 1.82) is 5.41 Å². The van der Waals surface area contributed by atoms with Gasteiger partial charge in [0.1, 0.15) is 5.84 Å². The lowest BCUT2D eigenvalue weighted by Crippen LogP contribution is -2.45. The van der Waals surface area contributed by atoms with Crippen molar-refractivity contribution in [2.45, 2.75) is 6.29 Å². The Balaban J connectivity index is 1.03. The van der Waals surface area contributed by atoms with Crippen molar-refractivity contribution in [3.63, 3.8) is 0 Å². The van der Waals surface area contributed by atoms with Crippen LogP contribution in [-0.2, 0) is 0 Å². The van der Waals surface area contributed by atoms with Crippen molar-refractivity contribution in [2.24, 2.45) is 4.99 Å². The molecule has 0 amide bonds. The molecule has 7 heteroatoms. The summed E-state index contributed by atoms with van der Waals surface area (Å²) in [5.41, 5.74) is 7.18. The molecule has 7 aromatic carbocycles. The summed E-state index contributed by atoms with van der Waals surface area (Å²) in [5, 5.41) is 20.3. The van der Waals surface area contributed by atoms with Crippen molar-refractivity contribution in [1.82, 2.24) is 25.6 Å². The van der Waals surface area contributed by atoms with Gasteiger partial charge in [0.05, 0.1) is 5.71 Å². The van der Waals surface area contributed by atoms with Crippen molar-refractivity contribution in [3.05, 3.63) is 193 Å². The lowest BCUT2D eigenvalue weighted by molar-refractivity contribution is 0.583. The molecule has 0 aliphatic carbocycles. The second kappa shape index (κ2) is 13.8. The maximum absolute atomic E-state index is 9.03. The maximum atomic E-state index is 9.03. The molecule has 53 heavy (non-hydrogen) atoms. The Morgan fingerprint density at radius 1 is 0.472 bits per heavy atom. The Labute approximate surface area is 307 Å². The van der Waals surface area contributed by atoms with Gasteiger partial charge in [-0.15, -0.1) is 0 Å². The molecule has 1 unspecified atom stereocenters. The molecule has 8 aromatic rings. The molecule has 7 nitrogen and oxygen atoms in total. The van der Waals surface area contributed by atoms with E-state index < -0.39 is 6.29 Å². The second-order valence-corrected chi connectivity index (χ2v) is 12.9. The van der Waals surface area contributed by atoms with E-state index in [0.29, 0.717) is 23.0 Å². The summed E-state index contributed by atoms with van der Waals surface area (Å²) in [6.45, 7) is 0. The number of nitrogens with zero attached hydrogens (tertiary/aromatic N) is 4. The largest absolute Gasteiger partial charge is 0.346 e. The van der Waals surface area contributed by atoms with Crippen LogP contribution in [0.2, 0.25) is 0 Å². The molecular weight excluding hydrogens is 651 g/mol. The van der Waals surface area contributed by atoms with Gasteiger partial charge < -0.3 is 10.6 Å². The Bertz CT molecular complexity index is 2590. The zero-order chi connectivity index (χ0) is 35.6. The van der Waals surface area contributed by atoms with Gasteiger partial charge in [-0.3, -0.25) is 5.41 Å². The minimum atomic E-state index is -0.546. The van der Waals surface area contributed by atoms with Crippen LogP contribution >= 0.6 is 0 Å². The SMILES string of the molecule is N=C(NC1N=C(c2ccccc2)C=C(c2ccccc2)N1)c1ccc(-c2nc(-c3ccc4ccccc4c3)nc(-c3ccc4ccccc4c3)n2)cc1. The van der Waals surface area contributed by atoms with E-state index in [9.17, 15) is 0 Å². The Hall–Kier alpha value is -7.25. The first-order chi connectivity index (χ1) is 26.1. The number of aliphatic imine (C=N–C) groups is 1. The summed E-state index contributed by atoms with van der Waals surface area (Å²) in [6, 6.07) is 57.1. The highest BCUT2D eigenvalue weighted by Crippen LogP contribution is 2.29. The van der Waals surface area contributed by atoms with Crippen LogP contribution in [0.15, 0.2) is 181 Å². The molecule has 0 bridgehead atoms. The van der Waals surface area contributed by atoms with Gasteiger partial charge in [0.15, 0.2) is 23.8 Å². The number of aromatic nitrogens is 3. The first kappa shape index (κ1) is 31.7. The molecule has 0 saturated heterocycles. The molecule has 1 aromatic heterocycles. The van der Waals surface area contributed by atoms with Gasteiger partial charge in [-0.25, -0.2) is 19.9 Å². The first-order valence-electron chi connectivity index (χ1n) is 17.5. The maximum Gasteiger partial charge on any atom is 0.196 e. The Morgan fingerprint density at radius 3 is 1.51 bits per heavy atom. The zero-order valence-electron chi connectivity index (χ0n) is 28.6. The molecule has 0 saturated carbocycles. The number of rotatable bonds is 7. The smallest absolute Gasteiger partial charge is 0.196 e. The number of benzene rings is 7. The molecule has 1 aliphatic heterocycles. The van der Waals surface area contributed by atoms with E-state index in [2.05, 4.69) is 83.4 Å². The third kappa shape index (κ3) is 6.67. The molecular formula is C46H33N7. The number of fused-ring (bicyclic) bond motifs is 2. The number of hydrogen-bond donors (Lipinski definition) is 3. The highest BCUT2D eigenvalue weighted by Gasteiger charge is 2.20. The minimum Gasteiger partial charge on any atom is -0.346 e. The van der Waals surface area contributed by atoms with Gasteiger partial charge in [-0.05, 0) is 50.9 Å². The summed E-state index contributed by atoms with van der Waals surface area (Å²) < 4.78 is 0. The fourth-order valence-electron chi connectivity index (χ4n) is 6.58. The molecule has 0 radical (unpaired) electrons. The molecule has 1 atom stereocenters. The molecule has 9 rings (SSSR count).